The Hall–Kier alpha value is -1.62. The van der Waals surface area contributed by atoms with Crippen LogP contribution in [0.2, 0.25) is 0 Å². The van der Waals surface area contributed by atoms with E-state index in [1.807, 2.05) is 11.4 Å². The zero-order chi connectivity index (χ0) is 14.3. The maximum absolute atomic E-state index is 6.13. The molecule has 3 rings (SSSR count). The van der Waals surface area contributed by atoms with Crippen LogP contribution in [0.4, 0.5) is 5.82 Å². The van der Waals surface area contributed by atoms with E-state index in [9.17, 15) is 0 Å². The molecule has 2 N–H and O–H groups in total. The molecule has 0 spiro atoms. The molecule has 2 aromatic heterocycles. The molecule has 0 bridgehead atoms. The number of rotatable bonds is 2. The number of nitrogens with two attached hydrogens (primary N) is 1. The molecule has 5 nitrogen and oxygen atoms in total. The number of hydrogen-bond donors (Lipinski definition) is 1. The molecule has 1 atom stereocenters. The van der Waals surface area contributed by atoms with Gasteiger partial charge in [0.25, 0.3) is 0 Å². The molecule has 0 unspecified atom stereocenters. The molecule has 0 aliphatic carbocycles. The van der Waals surface area contributed by atoms with Crippen molar-refractivity contribution in [2.75, 3.05) is 18.0 Å². The van der Waals surface area contributed by atoms with Crippen molar-refractivity contribution in [3.63, 3.8) is 0 Å². The Morgan fingerprint density at radius 1 is 1.40 bits per heavy atom. The molecule has 1 aliphatic rings. The van der Waals surface area contributed by atoms with Crippen LogP contribution < -0.4 is 10.6 Å². The summed E-state index contributed by atoms with van der Waals surface area (Å²) < 4.78 is 1.99. The van der Waals surface area contributed by atoms with Gasteiger partial charge >= 0.3 is 0 Å². The first-order chi connectivity index (χ1) is 9.60. The highest BCUT2D eigenvalue weighted by molar-refractivity contribution is 5.57. The number of fused-ring (bicyclic) bond motifs is 1. The number of piperidine rings is 1. The zero-order valence-electron chi connectivity index (χ0n) is 12.6. The minimum absolute atomic E-state index is 0.259. The Balaban J connectivity index is 2.15. The fourth-order valence-electron chi connectivity index (χ4n) is 2.89. The van der Waals surface area contributed by atoms with Crippen LogP contribution in [0.3, 0.4) is 0 Å². The monoisotopic (exact) mass is 273 g/mol. The Kier molecular flexibility index (Phi) is 3.38. The lowest BCUT2D eigenvalue weighted by molar-refractivity contribution is 0.500. The van der Waals surface area contributed by atoms with E-state index in [0.717, 1.165) is 55.2 Å². The summed E-state index contributed by atoms with van der Waals surface area (Å²) in [6.45, 7) is 8.23. The van der Waals surface area contributed by atoms with Gasteiger partial charge in [0, 0.05) is 36.5 Å². The quantitative estimate of drug-likeness (QED) is 0.907. The van der Waals surface area contributed by atoms with Gasteiger partial charge in [0.2, 0.25) is 0 Å². The third-order valence-corrected chi connectivity index (χ3v) is 4.24. The minimum atomic E-state index is 0.259. The zero-order valence-corrected chi connectivity index (χ0v) is 12.6. The molecule has 1 aliphatic heterocycles. The van der Waals surface area contributed by atoms with Gasteiger partial charge in [0.15, 0.2) is 5.65 Å². The molecule has 0 saturated carbocycles. The summed E-state index contributed by atoms with van der Waals surface area (Å²) >= 11 is 0. The van der Waals surface area contributed by atoms with Crippen LogP contribution in [-0.4, -0.2) is 33.7 Å². The number of hydrogen-bond acceptors (Lipinski definition) is 4. The maximum atomic E-state index is 6.13. The summed E-state index contributed by atoms with van der Waals surface area (Å²) in [6.07, 6.45) is 3.20. The molecule has 20 heavy (non-hydrogen) atoms. The van der Waals surface area contributed by atoms with Crippen molar-refractivity contribution in [2.24, 2.45) is 5.73 Å². The highest BCUT2D eigenvalue weighted by atomic mass is 15.4. The van der Waals surface area contributed by atoms with Crippen LogP contribution in [-0.2, 0) is 6.42 Å². The van der Waals surface area contributed by atoms with E-state index in [-0.39, 0.29) is 6.04 Å². The predicted octanol–water partition coefficient (Wildman–Crippen LogP) is 1.84. The van der Waals surface area contributed by atoms with Gasteiger partial charge in [0.1, 0.15) is 5.82 Å². The Morgan fingerprint density at radius 3 is 2.90 bits per heavy atom. The van der Waals surface area contributed by atoms with Crippen molar-refractivity contribution in [3.8, 4) is 0 Å². The van der Waals surface area contributed by atoms with Crippen molar-refractivity contribution < 1.29 is 0 Å². The SMILES string of the molecule is CCc1cc(N2CCC[C@H](N)C2)n2nc(C)c(C)c2n1. The second-order valence-corrected chi connectivity index (χ2v) is 5.75. The molecule has 1 saturated heterocycles. The van der Waals surface area contributed by atoms with Crippen LogP contribution in [0, 0.1) is 13.8 Å². The maximum Gasteiger partial charge on any atom is 0.160 e. The van der Waals surface area contributed by atoms with Gasteiger partial charge in [0.05, 0.1) is 5.69 Å². The lowest BCUT2D eigenvalue weighted by Crippen LogP contribution is -2.43. The fourth-order valence-corrected chi connectivity index (χ4v) is 2.89. The smallest absolute Gasteiger partial charge is 0.160 e. The van der Waals surface area contributed by atoms with Crippen molar-refractivity contribution in [3.05, 3.63) is 23.0 Å². The van der Waals surface area contributed by atoms with Gasteiger partial charge in [-0.15, -0.1) is 0 Å². The summed E-state index contributed by atoms with van der Waals surface area (Å²) in [5.41, 5.74) is 10.4. The number of nitrogens with zero attached hydrogens (tertiary/aromatic N) is 4. The summed E-state index contributed by atoms with van der Waals surface area (Å²) in [7, 11) is 0. The largest absolute Gasteiger partial charge is 0.355 e. The van der Waals surface area contributed by atoms with Gasteiger partial charge in [-0.2, -0.15) is 9.61 Å². The number of anilines is 1. The van der Waals surface area contributed by atoms with Crippen molar-refractivity contribution in [2.45, 2.75) is 46.1 Å². The summed E-state index contributed by atoms with van der Waals surface area (Å²) in [5.74, 6) is 1.14. The van der Waals surface area contributed by atoms with E-state index in [1.54, 1.807) is 0 Å². The number of aromatic nitrogens is 3. The van der Waals surface area contributed by atoms with Crippen LogP contribution in [0.25, 0.3) is 5.65 Å². The molecule has 2 aromatic rings. The second kappa shape index (κ2) is 5.05. The van der Waals surface area contributed by atoms with Crippen molar-refractivity contribution >= 4 is 11.5 Å². The first-order valence-corrected chi connectivity index (χ1v) is 7.46. The minimum Gasteiger partial charge on any atom is -0.355 e. The van der Waals surface area contributed by atoms with Crippen molar-refractivity contribution in [1.29, 1.82) is 0 Å². The average molecular weight is 273 g/mol. The molecule has 1 fully saturated rings. The molecule has 108 valence electrons. The molecule has 0 aromatic carbocycles. The van der Waals surface area contributed by atoms with Gasteiger partial charge < -0.3 is 10.6 Å². The summed E-state index contributed by atoms with van der Waals surface area (Å²) in [4.78, 5) is 7.09. The van der Waals surface area contributed by atoms with Crippen LogP contribution in [0.1, 0.15) is 36.7 Å². The highest BCUT2D eigenvalue weighted by Gasteiger charge is 2.21. The van der Waals surface area contributed by atoms with Crippen LogP contribution >= 0.6 is 0 Å². The number of aryl methyl sites for hydroxylation is 3. The van der Waals surface area contributed by atoms with Crippen molar-refractivity contribution in [1.82, 2.24) is 14.6 Å². The lowest BCUT2D eigenvalue weighted by Gasteiger charge is -2.32. The van der Waals surface area contributed by atoms with Gasteiger partial charge in [-0.25, -0.2) is 4.98 Å². The summed E-state index contributed by atoms with van der Waals surface area (Å²) in [6, 6.07) is 2.42. The van der Waals surface area contributed by atoms with E-state index >= 15 is 0 Å². The molecule has 3 heterocycles. The second-order valence-electron chi connectivity index (χ2n) is 5.75. The Morgan fingerprint density at radius 2 is 2.20 bits per heavy atom. The van der Waals surface area contributed by atoms with Gasteiger partial charge in [-0.1, -0.05) is 6.92 Å². The third kappa shape index (κ3) is 2.16. The van der Waals surface area contributed by atoms with E-state index < -0.39 is 0 Å². The van der Waals surface area contributed by atoms with E-state index in [2.05, 4.69) is 29.9 Å². The fraction of sp³-hybridized carbons (Fsp3) is 0.600. The Labute approximate surface area is 119 Å². The van der Waals surface area contributed by atoms with Crippen LogP contribution in [0.15, 0.2) is 6.07 Å². The molecule has 0 radical (unpaired) electrons. The van der Waals surface area contributed by atoms with Crippen LogP contribution in [0.5, 0.6) is 0 Å². The van der Waals surface area contributed by atoms with Gasteiger partial charge in [-0.05, 0) is 33.1 Å². The molecular weight excluding hydrogens is 250 g/mol. The molecular formula is C15H23N5. The topological polar surface area (TPSA) is 59.5 Å². The van der Waals surface area contributed by atoms with E-state index in [4.69, 9.17) is 10.7 Å². The third-order valence-electron chi connectivity index (χ3n) is 4.24. The lowest BCUT2D eigenvalue weighted by atomic mass is 10.1. The highest BCUT2D eigenvalue weighted by Crippen LogP contribution is 2.24. The van der Waals surface area contributed by atoms with Gasteiger partial charge in [-0.3, -0.25) is 0 Å². The summed E-state index contributed by atoms with van der Waals surface area (Å²) in [5, 5.41) is 4.66. The predicted molar refractivity (Wildman–Crippen MR) is 81.3 cm³/mol. The normalized spacial score (nSPS) is 19.8. The Bertz CT molecular complexity index is 631. The first-order valence-electron chi connectivity index (χ1n) is 7.46. The average Bonchev–Trinajstić information content (AvgIpc) is 2.73. The van der Waals surface area contributed by atoms with E-state index in [0.29, 0.717) is 0 Å². The first kappa shape index (κ1) is 13.4. The van der Waals surface area contributed by atoms with E-state index in [1.165, 1.54) is 5.56 Å². The molecule has 0 amide bonds. The standard InChI is InChI=1S/C15H23N5/c1-4-13-8-14(19-7-5-6-12(16)9-19)20-15(17-13)10(2)11(3)18-20/h8,12H,4-7,9,16H2,1-3H3/t12-/m0/s1. The molecule has 5 heteroatoms.